The van der Waals surface area contributed by atoms with Crippen LogP contribution in [0.25, 0.3) is 66.8 Å². The van der Waals surface area contributed by atoms with Gasteiger partial charge in [0.25, 0.3) is 0 Å². The number of nitriles is 2. The lowest BCUT2D eigenvalue weighted by Crippen LogP contribution is -1.89. The molecule has 0 aliphatic rings. The van der Waals surface area contributed by atoms with Gasteiger partial charge in [0, 0.05) is 11.1 Å². The van der Waals surface area contributed by atoms with E-state index in [0.717, 1.165) is 66.8 Å². The average molecular weight is 585 g/mol. The lowest BCUT2D eigenvalue weighted by atomic mass is 9.91. The minimum absolute atomic E-state index is 0.641. The van der Waals surface area contributed by atoms with E-state index < -0.39 is 0 Å². The molecule has 0 amide bonds. The fourth-order valence-electron chi connectivity index (χ4n) is 5.94. The molecule has 0 saturated carbocycles. The summed E-state index contributed by atoms with van der Waals surface area (Å²) < 4.78 is 0. The van der Waals surface area contributed by atoms with Crippen LogP contribution >= 0.6 is 0 Å². The standard InChI is InChI=1S/C44H28N2/c45-29-41-24-22-39(27-43(41)35-18-14-33(15-19-35)31-8-3-1-4-9-31)37-12-7-13-38(26-37)40-23-25-42(30-46)44(28-40)36-20-16-34(17-21-36)32-10-5-2-6-11-32/h1-28H. The number of rotatable bonds is 6. The van der Waals surface area contributed by atoms with E-state index in [-0.39, 0.29) is 0 Å². The maximum absolute atomic E-state index is 9.93. The molecular weight excluding hydrogens is 556 g/mol. The van der Waals surface area contributed by atoms with Gasteiger partial charge in [-0.3, -0.25) is 0 Å². The molecule has 2 heteroatoms. The third-order valence-electron chi connectivity index (χ3n) is 8.42. The molecule has 0 radical (unpaired) electrons. The van der Waals surface area contributed by atoms with E-state index in [9.17, 15) is 10.5 Å². The highest BCUT2D eigenvalue weighted by molar-refractivity contribution is 5.83. The van der Waals surface area contributed by atoms with Gasteiger partial charge >= 0.3 is 0 Å². The van der Waals surface area contributed by atoms with Crippen LogP contribution in [0.3, 0.4) is 0 Å². The molecule has 46 heavy (non-hydrogen) atoms. The lowest BCUT2D eigenvalue weighted by Gasteiger charge is -2.12. The summed E-state index contributed by atoms with van der Waals surface area (Å²) in [4.78, 5) is 0. The summed E-state index contributed by atoms with van der Waals surface area (Å²) in [6.07, 6.45) is 0. The van der Waals surface area contributed by atoms with Gasteiger partial charge in [-0.25, -0.2) is 0 Å². The van der Waals surface area contributed by atoms with Crippen LogP contribution in [0, 0.1) is 22.7 Å². The zero-order chi connectivity index (χ0) is 31.3. The smallest absolute Gasteiger partial charge is 0.0998 e. The molecule has 0 N–H and O–H groups in total. The maximum atomic E-state index is 9.93. The molecule has 7 aromatic carbocycles. The van der Waals surface area contributed by atoms with Gasteiger partial charge in [0.2, 0.25) is 0 Å². The van der Waals surface area contributed by atoms with Crippen molar-refractivity contribution in [2.45, 2.75) is 0 Å². The van der Waals surface area contributed by atoms with Gasteiger partial charge in [0.05, 0.1) is 23.3 Å². The van der Waals surface area contributed by atoms with Crippen LogP contribution in [0.1, 0.15) is 11.1 Å². The highest BCUT2D eigenvalue weighted by Crippen LogP contribution is 2.35. The molecule has 7 rings (SSSR count). The molecule has 0 heterocycles. The molecular formula is C44H28N2. The van der Waals surface area contributed by atoms with Crippen molar-refractivity contribution in [1.29, 1.82) is 10.5 Å². The van der Waals surface area contributed by atoms with E-state index in [1.807, 2.05) is 60.7 Å². The second kappa shape index (κ2) is 12.6. The Morgan fingerprint density at radius 1 is 0.261 bits per heavy atom. The molecule has 0 saturated heterocycles. The average Bonchev–Trinajstić information content (AvgIpc) is 3.15. The quantitative estimate of drug-likeness (QED) is 0.195. The van der Waals surface area contributed by atoms with Crippen molar-refractivity contribution in [2.75, 3.05) is 0 Å². The van der Waals surface area contributed by atoms with Crippen LogP contribution < -0.4 is 0 Å². The molecule has 0 unspecified atom stereocenters. The maximum Gasteiger partial charge on any atom is 0.0998 e. The third kappa shape index (κ3) is 5.72. The van der Waals surface area contributed by atoms with Gasteiger partial charge in [-0.05, 0) is 86.0 Å². The van der Waals surface area contributed by atoms with E-state index in [1.54, 1.807) is 0 Å². The summed E-state index contributed by atoms with van der Waals surface area (Å²) in [5.41, 5.74) is 13.9. The Morgan fingerprint density at radius 2 is 0.565 bits per heavy atom. The Hall–Kier alpha value is -6.48. The van der Waals surface area contributed by atoms with Crippen LogP contribution in [-0.4, -0.2) is 0 Å². The van der Waals surface area contributed by atoms with E-state index in [2.05, 4.69) is 121 Å². The topological polar surface area (TPSA) is 47.6 Å². The van der Waals surface area contributed by atoms with Gasteiger partial charge in [-0.2, -0.15) is 10.5 Å². The van der Waals surface area contributed by atoms with Crippen LogP contribution in [-0.2, 0) is 0 Å². The van der Waals surface area contributed by atoms with Crippen molar-refractivity contribution >= 4 is 0 Å². The van der Waals surface area contributed by atoms with Crippen LogP contribution in [0.15, 0.2) is 170 Å². The summed E-state index contributed by atoms with van der Waals surface area (Å²) in [6, 6.07) is 62.6. The molecule has 0 aliphatic heterocycles. The van der Waals surface area contributed by atoms with Crippen LogP contribution in [0.4, 0.5) is 0 Å². The van der Waals surface area contributed by atoms with Crippen molar-refractivity contribution in [1.82, 2.24) is 0 Å². The second-order valence-electron chi connectivity index (χ2n) is 11.2. The minimum Gasteiger partial charge on any atom is -0.192 e. The largest absolute Gasteiger partial charge is 0.192 e. The van der Waals surface area contributed by atoms with Crippen molar-refractivity contribution in [3.8, 4) is 78.9 Å². The summed E-state index contributed by atoms with van der Waals surface area (Å²) in [6.45, 7) is 0. The number of hydrogen-bond donors (Lipinski definition) is 0. The number of benzene rings is 7. The zero-order valence-corrected chi connectivity index (χ0v) is 25.1. The van der Waals surface area contributed by atoms with Gasteiger partial charge in [0.15, 0.2) is 0 Å². The minimum atomic E-state index is 0.641. The fraction of sp³-hybridized carbons (Fsp3) is 0. The molecule has 0 bridgehead atoms. The fourth-order valence-corrected chi connectivity index (χ4v) is 5.94. The summed E-state index contributed by atoms with van der Waals surface area (Å²) in [5, 5.41) is 19.9. The number of hydrogen-bond acceptors (Lipinski definition) is 2. The monoisotopic (exact) mass is 584 g/mol. The SMILES string of the molecule is N#Cc1ccc(-c2cccc(-c3ccc(C#N)c(-c4ccc(-c5ccccc5)cc4)c3)c2)cc1-c1ccc(-c2ccccc2)cc1. The molecule has 2 nitrogen and oxygen atoms in total. The van der Waals surface area contributed by atoms with Gasteiger partial charge in [-0.15, -0.1) is 0 Å². The van der Waals surface area contributed by atoms with Gasteiger partial charge < -0.3 is 0 Å². The Balaban J connectivity index is 1.22. The first-order valence-electron chi connectivity index (χ1n) is 15.2. The molecule has 0 fully saturated rings. The third-order valence-corrected chi connectivity index (χ3v) is 8.42. The molecule has 0 spiro atoms. The highest BCUT2D eigenvalue weighted by Gasteiger charge is 2.12. The Kier molecular flexibility index (Phi) is 7.77. The molecule has 7 aromatic rings. The van der Waals surface area contributed by atoms with Gasteiger partial charge in [-0.1, -0.05) is 140 Å². The van der Waals surface area contributed by atoms with Crippen molar-refractivity contribution < 1.29 is 0 Å². The summed E-state index contributed by atoms with van der Waals surface area (Å²) in [5.74, 6) is 0. The van der Waals surface area contributed by atoms with Crippen molar-refractivity contribution in [3.63, 3.8) is 0 Å². The lowest BCUT2D eigenvalue weighted by molar-refractivity contribution is 1.47. The predicted molar refractivity (Wildman–Crippen MR) is 188 cm³/mol. The van der Waals surface area contributed by atoms with Crippen molar-refractivity contribution in [3.05, 3.63) is 181 Å². The first-order valence-corrected chi connectivity index (χ1v) is 15.2. The van der Waals surface area contributed by atoms with E-state index >= 15 is 0 Å². The first-order chi connectivity index (χ1) is 22.7. The van der Waals surface area contributed by atoms with E-state index in [0.29, 0.717) is 11.1 Å². The Bertz CT molecular complexity index is 2070. The normalized spacial score (nSPS) is 10.6. The van der Waals surface area contributed by atoms with Gasteiger partial charge in [0.1, 0.15) is 0 Å². The van der Waals surface area contributed by atoms with Crippen LogP contribution in [0.5, 0.6) is 0 Å². The van der Waals surface area contributed by atoms with E-state index in [1.165, 1.54) is 0 Å². The number of nitrogens with zero attached hydrogens (tertiary/aromatic N) is 2. The van der Waals surface area contributed by atoms with E-state index in [4.69, 9.17) is 0 Å². The Morgan fingerprint density at radius 3 is 0.957 bits per heavy atom. The Labute approximate surface area is 269 Å². The van der Waals surface area contributed by atoms with Crippen LogP contribution in [0.2, 0.25) is 0 Å². The second-order valence-corrected chi connectivity index (χ2v) is 11.2. The van der Waals surface area contributed by atoms with Crippen molar-refractivity contribution in [2.24, 2.45) is 0 Å². The summed E-state index contributed by atoms with van der Waals surface area (Å²) in [7, 11) is 0. The zero-order valence-electron chi connectivity index (χ0n) is 25.1. The molecule has 214 valence electrons. The molecule has 0 atom stereocenters. The highest BCUT2D eigenvalue weighted by atomic mass is 14.3. The summed E-state index contributed by atoms with van der Waals surface area (Å²) >= 11 is 0. The molecule has 0 aliphatic carbocycles. The molecule has 0 aromatic heterocycles. The predicted octanol–water partition coefficient (Wildman–Crippen LogP) is 11.4. The first kappa shape index (κ1) is 28.3.